The zero-order valence-corrected chi connectivity index (χ0v) is 11.7. The van der Waals surface area contributed by atoms with Crippen molar-refractivity contribution in [2.45, 2.75) is 44.6 Å². The van der Waals surface area contributed by atoms with Gasteiger partial charge in [-0.2, -0.15) is 0 Å². The largest absolute Gasteiger partial charge is 0.368 e. The van der Waals surface area contributed by atoms with E-state index < -0.39 is 0 Å². The maximum atomic E-state index is 6.16. The molecule has 98 valence electrons. The van der Waals surface area contributed by atoms with Gasteiger partial charge < -0.3 is 10.1 Å². The number of rotatable bonds is 0. The Kier molecular flexibility index (Phi) is 2.76. The van der Waals surface area contributed by atoms with Crippen molar-refractivity contribution in [2.24, 2.45) is 0 Å². The van der Waals surface area contributed by atoms with Crippen molar-refractivity contribution >= 4 is 0 Å². The van der Waals surface area contributed by atoms with Gasteiger partial charge in [-0.05, 0) is 34.9 Å². The second kappa shape index (κ2) is 4.07. The summed E-state index contributed by atoms with van der Waals surface area (Å²) in [7, 11) is 0. The van der Waals surface area contributed by atoms with E-state index in [4.69, 9.17) is 4.74 Å². The fourth-order valence-electron chi connectivity index (χ4n) is 3.15. The average Bonchev–Trinajstić information content (AvgIpc) is 2.68. The molecule has 1 N–H and O–H groups in total. The Labute approximate surface area is 110 Å². The maximum Gasteiger partial charge on any atom is 0.106 e. The Morgan fingerprint density at radius 2 is 2.11 bits per heavy atom. The molecule has 2 nitrogen and oxygen atoms in total. The lowest BCUT2D eigenvalue weighted by Crippen LogP contribution is -2.46. The minimum atomic E-state index is -0.0468. The molecule has 1 aromatic rings. The Hall–Kier alpha value is -0.860. The quantitative estimate of drug-likeness (QED) is 0.759. The summed E-state index contributed by atoms with van der Waals surface area (Å²) in [5.74, 6) is 0. The van der Waals surface area contributed by atoms with Gasteiger partial charge >= 0.3 is 0 Å². The van der Waals surface area contributed by atoms with E-state index in [1.807, 2.05) is 0 Å². The van der Waals surface area contributed by atoms with Crippen LogP contribution in [0.5, 0.6) is 0 Å². The first-order valence-corrected chi connectivity index (χ1v) is 7.00. The summed E-state index contributed by atoms with van der Waals surface area (Å²) >= 11 is 0. The predicted octanol–water partition coefficient (Wildman–Crippen LogP) is 2.75. The Morgan fingerprint density at radius 1 is 1.28 bits per heavy atom. The first-order valence-electron chi connectivity index (χ1n) is 7.00. The Morgan fingerprint density at radius 3 is 2.78 bits per heavy atom. The molecule has 1 aromatic carbocycles. The third kappa shape index (κ3) is 1.88. The van der Waals surface area contributed by atoms with Gasteiger partial charge in [0.2, 0.25) is 0 Å². The second-order valence-electron chi connectivity index (χ2n) is 6.64. The summed E-state index contributed by atoms with van der Waals surface area (Å²) in [5, 5.41) is 3.49. The van der Waals surface area contributed by atoms with Crippen LogP contribution in [-0.4, -0.2) is 19.7 Å². The molecular weight excluding hydrogens is 222 g/mol. The molecule has 1 aliphatic heterocycles. The molecule has 1 aliphatic carbocycles. The van der Waals surface area contributed by atoms with Gasteiger partial charge in [-0.3, -0.25) is 0 Å². The lowest BCUT2D eigenvalue weighted by Gasteiger charge is -2.36. The normalized spacial score (nSPS) is 27.5. The van der Waals surface area contributed by atoms with Crippen LogP contribution < -0.4 is 5.32 Å². The van der Waals surface area contributed by atoms with E-state index in [1.165, 1.54) is 16.7 Å². The summed E-state index contributed by atoms with van der Waals surface area (Å²) in [5.41, 5.74) is 4.49. The molecule has 0 aromatic heterocycles. The van der Waals surface area contributed by atoms with E-state index in [9.17, 15) is 0 Å². The van der Waals surface area contributed by atoms with Crippen molar-refractivity contribution in [2.75, 3.05) is 19.7 Å². The fourth-order valence-corrected chi connectivity index (χ4v) is 3.15. The van der Waals surface area contributed by atoms with Crippen LogP contribution in [0.4, 0.5) is 0 Å². The number of nitrogens with one attached hydrogen (secondary N) is 1. The van der Waals surface area contributed by atoms with Gasteiger partial charge in [-0.25, -0.2) is 0 Å². The molecule has 1 saturated heterocycles. The molecule has 0 amide bonds. The van der Waals surface area contributed by atoms with Crippen LogP contribution in [-0.2, 0) is 22.2 Å². The van der Waals surface area contributed by atoms with Crippen LogP contribution in [0.25, 0.3) is 0 Å². The standard InChI is InChI=1S/C16H23NO/c1-15(2,3)13-5-4-12-6-7-16(14(12)10-13)11-17-8-9-18-16/h4-5,10,17H,6-9,11H2,1-3H3. The summed E-state index contributed by atoms with van der Waals surface area (Å²) in [6.45, 7) is 9.60. The summed E-state index contributed by atoms with van der Waals surface area (Å²) in [6, 6.07) is 6.98. The molecule has 3 rings (SSSR count). The topological polar surface area (TPSA) is 21.3 Å². The van der Waals surface area contributed by atoms with Crippen molar-refractivity contribution < 1.29 is 4.74 Å². The molecule has 1 fully saturated rings. The van der Waals surface area contributed by atoms with Crippen LogP contribution >= 0.6 is 0 Å². The molecule has 2 heteroatoms. The number of benzene rings is 1. The van der Waals surface area contributed by atoms with Crippen molar-refractivity contribution in [3.8, 4) is 0 Å². The number of aryl methyl sites for hydroxylation is 1. The minimum absolute atomic E-state index is 0.0468. The van der Waals surface area contributed by atoms with Gasteiger partial charge in [-0.15, -0.1) is 0 Å². The van der Waals surface area contributed by atoms with Crippen LogP contribution in [0.1, 0.15) is 43.9 Å². The van der Waals surface area contributed by atoms with E-state index in [0.717, 1.165) is 32.5 Å². The monoisotopic (exact) mass is 245 g/mol. The van der Waals surface area contributed by atoms with Gasteiger partial charge in [0.05, 0.1) is 6.61 Å². The molecule has 0 radical (unpaired) electrons. The molecule has 2 aliphatic rings. The van der Waals surface area contributed by atoms with Crippen molar-refractivity contribution in [3.63, 3.8) is 0 Å². The van der Waals surface area contributed by atoms with Gasteiger partial charge in [0.1, 0.15) is 5.60 Å². The highest BCUT2D eigenvalue weighted by Crippen LogP contribution is 2.42. The third-order valence-corrected chi connectivity index (χ3v) is 4.33. The van der Waals surface area contributed by atoms with Crippen molar-refractivity contribution in [1.82, 2.24) is 5.32 Å². The molecule has 1 spiro atoms. The fraction of sp³-hybridized carbons (Fsp3) is 0.625. The number of hydrogen-bond donors (Lipinski definition) is 1. The van der Waals surface area contributed by atoms with E-state index in [1.54, 1.807) is 0 Å². The summed E-state index contributed by atoms with van der Waals surface area (Å²) < 4.78 is 6.16. The zero-order chi connectivity index (χ0) is 12.8. The molecule has 1 heterocycles. The number of hydrogen-bond acceptors (Lipinski definition) is 2. The number of ether oxygens (including phenoxy) is 1. The molecular formula is C16H23NO. The SMILES string of the molecule is CC(C)(C)c1ccc2c(c1)C1(CC2)CNCCO1. The zero-order valence-electron chi connectivity index (χ0n) is 11.7. The van der Waals surface area contributed by atoms with Gasteiger partial charge in [0.15, 0.2) is 0 Å². The highest BCUT2D eigenvalue weighted by molar-refractivity contribution is 5.43. The lowest BCUT2D eigenvalue weighted by atomic mass is 9.83. The van der Waals surface area contributed by atoms with Gasteiger partial charge in [-0.1, -0.05) is 39.0 Å². The number of fused-ring (bicyclic) bond motifs is 2. The van der Waals surface area contributed by atoms with Crippen LogP contribution in [0.15, 0.2) is 18.2 Å². The second-order valence-corrected chi connectivity index (χ2v) is 6.64. The molecule has 0 bridgehead atoms. The summed E-state index contributed by atoms with van der Waals surface area (Å²) in [6.07, 6.45) is 2.28. The smallest absolute Gasteiger partial charge is 0.106 e. The molecule has 0 saturated carbocycles. The molecule has 18 heavy (non-hydrogen) atoms. The maximum absolute atomic E-state index is 6.16. The summed E-state index contributed by atoms with van der Waals surface area (Å²) in [4.78, 5) is 0. The first-order chi connectivity index (χ1) is 8.51. The Bertz CT molecular complexity index is 447. The van der Waals surface area contributed by atoms with Gasteiger partial charge in [0, 0.05) is 13.1 Å². The van der Waals surface area contributed by atoms with E-state index in [0.29, 0.717) is 0 Å². The highest BCUT2D eigenvalue weighted by Gasteiger charge is 2.41. The van der Waals surface area contributed by atoms with Crippen LogP contribution in [0, 0.1) is 0 Å². The first kappa shape index (κ1) is 12.2. The highest BCUT2D eigenvalue weighted by atomic mass is 16.5. The Balaban J connectivity index is 2.04. The van der Waals surface area contributed by atoms with Crippen LogP contribution in [0.3, 0.4) is 0 Å². The van der Waals surface area contributed by atoms with E-state index >= 15 is 0 Å². The van der Waals surface area contributed by atoms with E-state index in [-0.39, 0.29) is 11.0 Å². The predicted molar refractivity (Wildman–Crippen MR) is 74.0 cm³/mol. The third-order valence-electron chi connectivity index (χ3n) is 4.33. The molecule has 1 atom stereocenters. The lowest BCUT2D eigenvalue weighted by molar-refractivity contribution is -0.0695. The average molecular weight is 245 g/mol. The van der Waals surface area contributed by atoms with Gasteiger partial charge in [0.25, 0.3) is 0 Å². The molecule has 1 unspecified atom stereocenters. The van der Waals surface area contributed by atoms with Crippen LogP contribution in [0.2, 0.25) is 0 Å². The van der Waals surface area contributed by atoms with E-state index in [2.05, 4.69) is 44.3 Å². The van der Waals surface area contributed by atoms with Crippen molar-refractivity contribution in [1.29, 1.82) is 0 Å². The van der Waals surface area contributed by atoms with Crippen molar-refractivity contribution in [3.05, 3.63) is 34.9 Å². The minimum Gasteiger partial charge on any atom is -0.368 e. The number of morpholine rings is 1.